The van der Waals surface area contributed by atoms with E-state index in [9.17, 15) is 18.0 Å². The zero-order valence-electron chi connectivity index (χ0n) is 15.7. The zero-order chi connectivity index (χ0) is 20.9. The molecule has 0 aliphatic carbocycles. The average molecular weight is 410 g/mol. The van der Waals surface area contributed by atoms with Crippen molar-refractivity contribution in [1.29, 1.82) is 0 Å². The van der Waals surface area contributed by atoms with Gasteiger partial charge in [-0.05, 0) is 29.8 Å². The van der Waals surface area contributed by atoms with Gasteiger partial charge in [0.1, 0.15) is 24.2 Å². The van der Waals surface area contributed by atoms with Crippen molar-refractivity contribution >= 4 is 11.7 Å². The van der Waals surface area contributed by atoms with E-state index in [-0.39, 0.29) is 37.3 Å². The van der Waals surface area contributed by atoms with Crippen molar-refractivity contribution in [2.24, 2.45) is 0 Å². The third-order valence-electron chi connectivity index (χ3n) is 4.30. The molecule has 3 rings (SSSR count). The third-order valence-corrected chi connectivity index (χ3v) is 4.30. The Hall–Kier alpha value is -2.94. The summed E-state index contributed by atoms with van der Waals surface area (Å²) in [5, 5.41) is 5.05. The Morgan fingerprint density at radius 1 is 1.21 bits per heavy atom. The van der Waals surface area contributed by atoms with Gasteiger partial charge in [0.2, 0.25) is 0 Å². The van der Waals surface area contributed by atoms with Crippen LogP contribution in [0.3, 0.4) is 0 Å². The molecule has 0 bridgehead atoms. The largest absolute Gasteiger partial charge is 0.489 e. The number of carbonyl (C=O) groups is 1. The van der Waals surface area contributed by atoms with Crippen LogP contribution in [-0.4, -0.2) is 39.0 Å². The molecule has 0 aromatic heterocycles. The Balaban J connectivity index is 1.61. The minimum atomic E-state index is -4.54. The van der Waals surface area contributed by atoms with E-state index in [0.717, 1.165) is 23.4 Å². The summed E-state index contributed by atoms with van der Waals surface area (Å²) in [6.07, 6.45) is -4.13. The molecule has 2 N–H and O–H groups in total. The van der Waals surface area contributed by atoms with Crippen LogP contribution < -0.4 is 20.1 Å². The van der Waals surface area contributed by atoms with Gasteiger partial charge in [-0.3, -0.25) is 0 Å². The van der Waals surface area contributed by atoms with Crippen molar-refractivity contribution in [3.63, 3.8) is 0 Å². The summed E-state index contributed by atoms with van der Waals surface area (Å²) in [6, 6.07) is 9.82. The summed E-state index contributed by atoms with van der Waals surface area (Å²) in [5.74, 6) is 0.890. The van der Waals surface area contributed by atoms with Crippen LogP contribution in [0.4, 0.5) is 23.7 Å². The molecule has 0 saturated heterocycles. The lowest BCUT2D eigenvalue weighted by molar-refractivity contribution is -0.137. The first kappa shape index (κ1) is 20.8. The fourth-order valence-electron chi connectivity index (χ4n) is 2.91. The number of fused-ring (bicyclic) bond motifs is 1. The maximum Gasteiger partial charge on any atom is 0.416 e. The molecule has 9 heteroatoms. The highest BCUT2D eigenvalue weighted by Crippen LogP contribution is 2.35. The van der Waals surface area contributed by atoms with E-state index in [1.54, 1.807) is 0 Å². The van der Waals surface area contributed by atoms with Crippen LogP contribution in [0, 0.1) is 0 Å². The number of para-hydroxylation sites is 1. The topological polar surface area (TPSA) is 68.8 Å². The van der Waals surface area contributed by atoms with Crippen molar-refractivity contribution < 1.29 is 32.2 Å². The second kappa shape index (κ2) is 9.04. The van der Waals surface area contributed by atoms with Crippen molar-refractivity contribution in [2.75, 3.05) is 32.2 Å². The van der Waals surface area contributed by atoms with Crippen LogP contribution >= 0.6 is 0 Å². The lowest BCUT2D eigenvalue weighted by atomic mass is 10.1. The van der Waals surface area contributed by atoms with E-state index in [1.807, 2.05) is 24.3 Å². The molecule has 156 valence electrons. The van der Waals surface area contributed by atoms with E-state index in [0.29, 0.717) is 6.42 Å². The number of rotatable bonds is 7. The monoisotopic (exact) mass is 410 g/mol. The average Bonchev–Trinajstić information content (AvgIpc) is 3.10. The van der Waals surface area contributed by atoms with Crippen LogP contribution in [0.2, 0.25) is 0 Å². The Morgan fingerprint density at radius 3 is 2.72 bits per heavy atom. The minimum Gasteiger partial charge on any atom is -0.489 e. The molecule has 1 heterocycles. The Bertz CT molecular complexity index is 833. The van der Waals surface area contributed by atoms with E-state index >= 15 is 0 Å². The number of amides is 2. The minimum absolute atomic E-state index is 0.0796. The maximum absolute atomic E-state index is 13.0. The smallest absolute Gasteiger partial charge is 0.416 e. The Labute approximate surface area is 166 Å². The summed E-state index contributed by atoms with van der Waals surface area (Å²) in [6.45, 7) is 0.595. The number of hydrogen-bond acceptors (Lipinski definition) is 4. The van der Waals surface area contributed by atoms with Gasteiger partial charge < -0.3 is 24.8 Å². The van der Waals surface area contributed by atoms with E-state index < -0.39 is 17.8 Å². The highest BCUT2D eigenvalue weighted by molar-refractivity contribution is 5.91. The number of carbonyl (C=O) groups excluding carboxylic acids is 1. The van der Waals surface area contributed by atoms with Crippen LogP contribution in [0.25, 0.3) is 0 Å². The number of benzene rings is 2. The molecular weight excluding hydrogens is 389 g/mol. The normalized spacial score (nSPS) is 15.4. The Morgan fingerprint density at radius 2 is 2.00 bits per heavy atom. The molecule has 2 aromatic carbocycles. The van der Waals surface area contributed by atoms with E-state index in [2.05, 4.69) is 10.6 Å². The van der Waals surface area contributed by atoms with Gasteiger partial charge in [0.25, 0.3) is 0 Å². The van der Waals surface area contributed by atoms with Gasteiger partial charge in [0.15, 0.2) is 0 Å². The number of urea groups is 1. The molecule has 0 saturated carbocycles. The van der Waals surface area contributed by atoms with Crippen molar-refractivity contribution in [3.05, 3.63) is 53.6 Å². The standard InChI is InChI=1S/C20H21F3N2O4/c1-27-8-9-28-18-7-6-14(20(21,22)23)11-16(18)25-19(26)24-12-15-10-13-4-2-3-5-17(13)29-15/h2-7,11,15H,8-10,12H2,1H3,(H2,24,25,26)/t15-/m1/s1. The van der Waals surface area contributed by atoms with Gasteiger partial charge in [-0.25, -0.2) is 4.79 Å². The summed E-state index contributed by atoms with van der Waals surface area (Å²) in [5.41, 5.74) is 0.0805. The number of alkyl halides is 3. The van der Waals surface area contributed by atoms with E-state index in [4.69, 9.17) is 14.2 Å². The number of halogens is 3. The fourth-order valence-corrected chi connectivity index (χ4v) is 2.91. The maximum atomic E-state index is 13.0. The molecule has 1 aliphatic rings. The first-order chi connectivity index (χ1) is 13.9. The lowest BCUT2D eigenvalue weighted by Crippen LogP contribution is -2.37. The van der Waals surface area contributed by atoms with Crippen LogP contribution in [0.15, 0.2) is 42.5 Å². The number of methoxy groups -OCH3 is 1. The quantitative estimate of drug-likeness (QED) is 0.681. The van der Waals surface area contributed by atoms with Gasteiger partial charge in [0.05, 0.1) is 24.4 Å². The highest BCUT2D eigenvalue weighted by Gasteiger charge is 2.31. The molecule has 2 amide bonds. The predicted molar refractivity (Wildman–Crippen MR) is 100 cm³/mol. The Kier molecular flexibility index (Phi) is 6.48. The molecule has 1 atom stereocenters. The molecule has 2 aromatic rings. The molecule has 29 heavy (non-hydrogen) atoms. The number of anilines is 1. The van der Waals surface area contributed by atoms with Gasteiger partial charge in [-0.15, -0.1) is 0 Å². The number of nitrogens with one attached hydrogen (secondary N) is 2. The molecule has 1 aliphatic heterocycles. The van der Waals surface area contributed by atoms with Crippen molar-refractivity contribution in [3.8, 4) is 11.5 Å². The highest BCUT2D eigenvalue weighted by atomic mass is 19.4. The molecular formula is C20H21F3N2O4. The summed E-state index contributed by atoms with van der Waals surface area (Å²) in [4.78, 5) is 12.2. The third kappa shape index (κ3) is 5.54. The first-order valence-corrected chi connectivity index (χ1v) is 8.99. The van der Waals surface area contributed by atoms with Crippen molar-refractivity contribution in [1.82, 2.24) is 5.32 Å². The fraction of sp³-hybridized carbons (Fsp3) is 0.350. The zero-order valence-corrected chi connectivity index (χ0v) is 15.7. The second-order valence-corrected chi connectivity index (χ2v) is 6.44. The summed E-state index contributed by atoms with van der Waals surface area (Å²) in [7, 11) is 1.48. The summed E-state index contributed by atoms with van der Waals surface area (Å²) >= 11 is 0. The van der Waals surface area contributed by atoms with Gasteiger partial charge in [-0.1, -0.05) is 18.2 Å². The lowest BCUT2D eigenvalue weighted by Gasteiger charge is -2.16. The van der Waals surface area contributed by atoms with Crippen LogP contribution in [0.5, 0.6) is 11.5 Å². The SMILES string of the molecule is COCCOc1ccc(C(F)(F)F)cc1NC(=O)NC[C@H]1Cc2ccccc2O1. The molecule has 0 spiro atoms. The number of ether oxygens (including phenoxy) is 3. The second-order valence-electron chi connectivity index (χ2n) is 6.44. The first-order valence-electron chi connectivity index (χ1n) is 8.99. The molecule has 0 fully saturated rings. The van der Waals surface area contributed by atoms with Crippen LogP contribution in [0.1, 0.15) is 11.1 Å². The van der Waals surface area contributed by atoms with Gasteiger partial charge in [-0.2, -0.15) is 13.2 Å². The van der Waals surface area contributed by atoms with Gasteiger partial charge >= 0.3 is 12.2 Å². The number of hydrogen-bond donors (Lipinski definition) is 2. The molecule has 6 nitrogen and oxygen atoms in total. The summed E-state index contributed by atoms with van der Waals surface area (Å²) < 4.78 is 55.1. The molecule has 0 unspecified atom stereocenters. The van der Waals surface area contributed by atoms with Crippen LogP contribution in [-0.2, 0) is 17.3 Å². The molecule has 0 radical (unpaired) electrons. The van der Waals surface area contributed by atoms with Gasteiger partial charge in [0, 0.05) is 13.5 Å². The predicted octanol–water partition coefficient (Wildman–Crippen LogP) is 3.86. The van der Waals surface area contributed by atoms with E-state index in [1.165, 1.54) is 13.2 Å². The van der Waals surface area contributed by atoms with Crippen molar-refractivity contribution in [2.45, 2.75) is 18.7 Å².